The van der Waals surface area contributed by atoms with E-state index in [1.165, 1.54) is 9.75 Å². The van der Waals surface area contributed by atoms with Crippen LogP contribution in [0.1, 0.15) is 41.5 Å². The fraction of sp³-hybridized carbons (Fsp3) is 0.450. The number of aryl methyl sites for hydroxylation is 1. The number of carbonyl (C=O) groups is 1. The van der Waals surface area contributed by atoms with Crippen LogP contribution in [0.3, 0.4) is 0 Å². The third-order valence-corrected chi connectivity index (χ3v) is 5.81. The Bertz CT molecular complexity index is 737. The van der Waals surface area contributed by atoms with Crippen molar-refractivity contribution in [2.24, 2.45) is 0 Å². The second-order valence-corrected chi connectivity index (χ2v) is 7.86. The number of carbonyl (C=O) groups excluding carboxylic acids is 1. The first-order chi connectivity index (χ1) is 12.6. The van der Waals surface area contributed by atoms with E-state index in [-0.39, 0.29) is 12.1 Å². The molecule has 0 saturated carbocycles. The van der Waals surface area contributed by atoms with Gasteiger partial charge in [0, 0.05) is 40.2 Å². The van der Waals surface area contributed by atoms with E-state index in [0.717, 1.165) is 32.2 Å². The number of rotatable bonds is 4. The summed E-state index contributed by atoms with van der Waals surface area (Å²) < 4.78 is 10.6. The molecule has 140 valence electrons. The zero-order valence-corrected chi connectivity index (χ0v) is 16.4. The Morgan fingerprint density at radius 1 is 1.12 bits per heavy atom. The van der Waals surface area contributed by atoms with Gasteiger partial charge in [-0.1, -0.05) is 12.8 Å². The van der Waals surface area contributed by atoms with Crippen molar-refractivity contribution in [3.63, 3.8) is 0 Å². The van der Waals surface area contributed by atoms with Gasteiger partial charge < -0.3 is 19.7 Å². The molecule has 1 aliphatic rings. The third-order valence-electron chi connectivity index (χ3n) is 4.71. The minimum atomic E-state index is -0.0711. The highest BCUT2D eigenvalue weighted by Gasteiger charge is 2.28. The minimum Gasteiger partial charge on any atom is -0.497 e. The zero-order valence-electron chi connectivity index (χ0n) is 15.6. The number of hydrogen-bond donors (Lipinski definition) is 1. The number of amides is 2. The predicted molar refractivity (Wildman–Crippen MR) is 106 cm³/mol. The van der Waals surface area contributed by atoms with E-state index in [9.17, 15) is 4.79 Å². The van der Waals surface area contributed by atoms with Crippen LogP contribution in [0.2, 0.25) is 0 Å². The molecular formula is C20H26N2O3S. The van der Waals surface area contributed by atoms with E-state index in [0.29, 0.717) is 17.2 Å². The van der Waals surface area contributed by atoms with Gasteiger partial charge in [0.05, 0.1) is 20.3 Å². The summed E-state index contributed by atoms with van der Waals surface area (Å²) in [5.41, 5.74) is 0.677. The van der Waals surface area contributed by atoms with Gasteiger partial charge in [0.25, 0.3) is 0 Å². The van der Waals surface area contributed by atoms with Crippen LogP contribution in [-0.4, -0.2) is 31.7 Å². The van der Waals surface area contributed by atoms with Gasteiger partial charge in [-0.15, -0.1) is 11.3 Å². The highest BCUT2D eigenvalue weighted by Crippen LogP contribution is 2.35. The normalized spacial score (nSPS) is 17.5. The second kappa shape index (κ2) is 8.45. The summed E-state index contributed by atoms with van der Waals surface area (Å²) in [5, 5.41) is 3.03. The van der Waals surface area contributed by atoms with Crippen LogP contribution in [0.4, 0.5) is 10.5 Å². The van der Waals surface area contributed by atoms with Crippen molar-refractivity contribution in [3.05, 3.63) is 40.1 Å². The summed E-state index contributed by atoms with van der Waals surface area (Å²) in [6, 6.07) is 9.77. The lowest BCUT2D eigenvalue weighted by atomic mass is 10.1. The molecule has 0 spiro atoms. The highest BCUT2D eigenvalue weighted by atomic mass is 32.1. The number of urea groups is 1. The molecule has 1 fully saturated rings. The van der Waals surface area contributed by atoms with Gasteiger partial charge >= 0.3 is 6.03 Å². The molecule has 2 heterocycles. The molecule has 0 bridgehead atoms. The van der Waals surface area contributed by atoms with Crippen LogP contribution in [-0.2, 0) is 0 Å². The van der Waals surface area contributed by atoms with Crippen molar-refractivity contribution in [1.29, 1.82) is 0 Å². The average Bonchev–Trinajstić information content (AvgIpc) is 2.93. The molecular weight excluding hydrogens is 348 g/mol. The fourth-order valence-electron chi connectivity index (χ4n) is 3.35. The quantitative estimate of drug-likeness (QED) is 0.798. The monoisotopic (exact) mass is 374 g/mol. The maximum Gasteiger partial charge on any atom is 0.322 e. The third kappa shape index (κ3) is 4.30. The van der Waals surface area contributed by atoms with Crippen molar-refractivity contribution < 1.29 is 14.3 Å². The number of nitrogens with zero attached hydrogens (tertiary/aromatic N) is 1. The van der Waals surface area contributed by atoms with E-state index in [2.05, 4.69) is 24.4 Å². The number of likely N-dealkylation sites (tertiary alicyclic amines) is 1. The van der Waals surface area contributed by atoms with Crippen molar-refractivity contribution in [3.8, 4) is 11.5 Å². The molecule has 0 aliphatic carbocycles. The molecule has 2 aromatic rings. The molecule has 0 radical (unpaired) electrons. The topological polar surface area (TPSA) is 50.8 Å². The standard InChI is InChI=1S/C20H26N2O3S/c1-14-8-9-19(26-14)18-7-5-4-6-10-22(18)20(23)21-15-11-16(24-2)13-17(12-15)25-3/h8-9,11-13,18H,4-7,10H2,1-3H3,(H,21,23)/t18-/m1/s1. The Labute approximate surface area is 158 Å². The van der Waals surface area contributed by atoms with E-state index in [4.69, 9.17) is 9.47 Å². The summed E-state index contributed by atoms with van der Waals surface area (Å²) in [6.07, 6.45) is 4.36. The summed E-state index contributed by atoms with van der Waals surface area (Å²) in [7, 11) is 3.20. The molecule has 0 unspecified atom stereocenters. The molecule has 1 saturated heterocycles. The smallest absolute Gasteiger partial charge is 0.322 e. The van der Waals surface area contributed by atoms with Gasteiger partial charge in [-0.25, -0.2) is 4.79 Å². The van der Waals surface area contributed by atoms with Crippen molar-refractivity contribution >= 4 is 23.1 Å². The van der Waals surface area contributed by atoms with Gasteiger partial charge in [-0.3, -0.25) is 0 Å². The summed E-state index contributed by atoms with van der Waals surface area (Å²) in [4.78, 5) is 17.6. The van der Waals surface area contributed by atoms with E-state index in [1.54, 1.807) is 31.6 Å². The van der Waals surface area contributed by atoms with Crippen molar-refractivity contribution in [2.45, 2.75) is 38.6 Å². The fourth-order valence-corrected chi connectivity index (χ4v) is 4.38. The molecule has 3 rings (SSSR count). The van der Waals surface area contributed by atoms with Crippen LogP contribution < -0.4 is 14.8 Å². The second-order valence-electron chi connectivity index (χ2n) is 6.54. The first-order valence-corrected chi connectivity index (χ1v) is 9.79. The Morgan fingerprint density at radius 3 is 2.46 bits per heavy atom. The van der Waals surface area contributed by atoms with E-state index >= 15 is 0 Å². The van der Waals surface area contributed by atoms with Gasteiger partial charge in [0.2, 0.25) is 0 Å². The van der Waals surface area contributed by atoms with E-state index in [1.807, 2.05) is 17.0 Å². The van der Waals surface area contributed by atoms with Gasteiger partial charge in [0.1, 0.15) is 11.5 Å². The van der Waals surface area contributed by atoms with Crippen molar-refractivity contribution in [2.75, 3.05) is 26.1 Å². The van der Waals surface area contributed by atoms with Gasteiger partial charge in [-0.05, 0) is 31.9 Å². The molecule has 5 nitrogen and oxygen atoms in total. The van der Waals surface area contributed by atoms with Crippen LogP contribution in [0.15, 0.2) is 30.3 Å². The van der Waals surface area contributed by atoms with Crippen molar-refractivity contribution in [1.82, 2.24) is 4.90 Å². The lowest BCUT2D eigenvalue weighted by Gasteiger charge is -2.29. The van der Waals surface area contributed by atoms with Crippen LogP contribution in [0, 0.1) is 6.92 Å². The number of thiophene rings is 1. The van der Waals surface area contributed by atoms with Crippen LogP contribution in [0.25, 0.3) is 0 Å². The Morgan fingerprint density at radius 2 is 1.85 bits per heavy atom. The van der Waals surface area contributed by atoms with Crippen LogP contribution >= 0.6 is 11.3 Å². The predicted octanol–water partition coefficient (Wildman–Crippen LogP) is 5.22. The maximum absolute atomic E-state index is 13.0. The highest BCUT2D eigenvalue weighted by molar-refractivity contribution is 7.12. The zero-order chi connectivity index (χ0) is 18.5. The number of benzene rings is 1. The SMILES string of the molecule is COc1cc(NC(=O)N2CCCCC[C@@H]2c2ccc(C)s2)cc(OC)c1. The van der Waals surface area contributed by atoms with Gasteiger partial charge in [0.15, 0.2) is 0 Å². The number of ether oxygens (including phenoxy) is 2. The molecule has 1 N–H and O–H groups in total. The number of nitrogens with one attached hydrogen (secondary N) is 1. The molecule has 6 heteroatoms. The maximum atomic E-state index is 13.0. The summed E-state index contributed by atoms with van der Waals surface area (Å²) in [6.45, 7) is 2.88. The number of anilines is 1. The lowest BCUT2D eigenvalue weighted by Crippen LogP contribution is -2.37. The number of methoxy groups -OCH3 is 2. The molecule has 1 aliphatic heterocycles. The Kier molecular flexibility index (Phi) is 6.04. The minimum absolute atomic E-state index is 0.0711. The summed E-state index contributed by atoms with van der Waals surface area (Å²) in [5.74, 6) is 1.31. The van der Waals surface area contributed by atoms with Crippen LogP contribution in [0.5, 0.6) is 11.5 Å². The first-order valence-electron chi connectivity index (χ1n) is 8.97. The van der Waals surface area contributed by atoms with Gasteiger partial charge in [-0.2, -0.15) is 0 Å². The largest absolute Gasteiger partial charge is 0.497 e. The Hall–Kier alpha value is -2.21. The molecule has 1 atom stereocenters. The molecule has 26 heavy (non-hydrogen) atoms. The lowest BCUT2D eigenvalue weighted by molar-refractivity contribution is 0.190. The average molecular weight is 375 g/mol. The molecule has 1 aromatic carbocycles. The molecule has 2 amide bonds. The summed E-state index contributed by atoms with van der Waals surface area (Å²) >= 11 is 1.78. The first kappa shape index (κ1) is 18.6. The number of hydrogen-bond acceptors (Lipinski definition) is 4. The Balaban J connectivity index is 1.82. The van der Waals surface area contributed by atoms with E-state index < -0.39 is 0 Å². The molecule has 1 aromatic heterocycles.